The Morgan fingerprint density at radius 1 is 0.923 bits per heavy atom. The summed E-state index contributed by atoms with van der Waals surface area (Å²) in [6, 6.07) is 29.9. The van der Waals surface area contributed by atoms with Crippen LogP contribution in [0.1, 0.15) is 40.5 Å². The molecule has 0 unspecified atom stereocenters. The van der Waals surface area contributed by atoms with Gasteiger partial charge in [0, 0.05) is 48.5 Å². The Bertz CT molecular complexity index is 2160. The van der Waals surface area contributed by atoms with Crippen LogP contribution in [0.3, 0.4) is 0 Å². The predicted octanol–water partition coefficient (Wildman–Crippen LogP) is 7.31. The van der Waals surface area contributed by atoms with E-state index in [1.165, 1.54) is 0 Å². The van der Waals surface area contributed by atoms with Gasteiger partial charge in [-0.05, 0) is 67.5 Å². The molecule has 12 heteroatoms. The van der Waals surface area contributed by atoms with Gasteiger partial charge >= 0.3 is 0 Å². The second kappa shape index (κ2) is 13.1. The molecule has 10 nitrogen and oxygen atoms in total. The van der Waals surface area contributed by atoms with Crippen LogP contribution in [0.25, 0.3) is 0 Å². The lowest BCUT2D eigenvalue weighted by Gasteiger charge is -2.31. The highest BCUT2D eigenvalue weighted by atomic mass is 28.4. The summed E-state index contributed by atoms with van der Waals surface area (Å²) in [6.45, 7) is 5.97. The third kappa shape index (κ3) is 5.62. The number of nitrogens with zero attached hydrogens (tertiary/aromatic N) is 5. The van der Waals surface area contributed by atoms with Crippen molar-refractivity contribution < 1.29 is 28.3 Å². The van der Waals surface area contributed by atoms with Gasteiger partial charge in [0.15, 0.2) is 11.4 Å². The molecule has 1 saturated heterocycles. The lowest BCUT2D eigenvalue weighted by Crippen LogP contribution is -2.45. The van der Waals surface area contributed by atoms with E-state index >= 15 is 8.90 Å². The van der Waals surface area contributed by atoms with Crippen molar-refractivity contribution in [1.82, 2.24) is 15.0 Å². The van der Waals surface area contributed by atoms with Crippen LogP contribution in [0, 0.1) is 5.92 Å². The zero-order chi connectivity index (χ0) is 36.2. The highest BCUT2D eigenvalue weighted by Crippen LogP contribution is 2.61. The van der Waals surface area contributed by atoms with Crippen LogP contribution < -0.4 is 14.5 Å². The first-order valence-electron chi connectivity index (χ1n) is 17.7. The van der Waals surface area contributed by atoms with E-state index in [0.717, 1.165) is 5.56 Å². The Kier molecular flexibility index (Phi) is 8.55. The van der Waals surface area contributed by atoms with Crippen molar-refractivity contribution in [3.8, 4) is 11.5 Å². The topological polar surface area (TPSA) is 110 Å². The minimum atomic E-state index is -3.44. The first-order valence-corrected chi connectivity index (χ1v) is 20.6. The Labute approximate surface area is 302 Å². The molecule has 266 valence electrons. The van der Waals surface area contributed by atoms with Crippen molar-refractivity contribution in [3.05, 3.63) is 126 Å². The molecule has 1 N–H and O–H groups in total. The number of halogens is 1. The number of aliphatic hydroxyl groups is 1. The molecule has 0 bridgehead atoms. The fourth-order valence-corrected chi connectivity index (χ4v) is 10.9. The van der Waals surface area contributed by atoms with Gasteiger partial charge in [0.2, 0.25) is 8.41 Å². The smallest absolute Gasteiger partial charge is 0.266 e. The fourth-order valence-electron chi connectivity index (χ4n) is 8.37. The Balaban J connectivity index is 1.25. The van der Waals surface area contributed by atoms with Crippen LogP contribution >= 0.6 is 0 Å². The maximum absolute atomic E-state index is 16.6. The number of rotatable bonds is 9. The van der Waals surface area contributed by atoms with Crippen molar-refractivity contribution >= 4 is 37.3 Å². The number of aliphatic hydroxyl groups excluding tert-OH is 1. The molecule has 0 aliphatic carbocycles. The summed E-state index contributed by atoms with van der Waals surface area (Å²) in [4.78, 5) is 32.9. The fraction of sp³-hybridized carbons (Fsp3) is 0.300. The quantitative estimate of drug-likeness (QED) is 0.126. The van der Waals surface area contributed by atoms with Gasteiger partial charge in [-0.15, -0.1) is 5.10 Å². The van der Waals surface area contributed by atoms with E-state index in [9.17, 15) is 9.90 Å². The normalized spacial score (nSPS) is 22.3. The molecular weight excluding hydrogens is 678 g/mol. The van der Waals surface area contributed by atoms with Crippen molar-refractivity contribution in [3.63, 3.8) is 0 Å². The van der Waals surface area contributed by atoms with Crippen LogP contribution in [0.5, 0.6) is 11.5 Å². The van der Waals surface area contributed by atoms with E-state index in [0.29, 0.717) is 71.3 Å². The molecule has 2 amide bonds. The number of anilines is 3. The number of hydrogen-bond donors (Lipinski definition) is 1. The van der Waals surface area contributed by atoms with E-state index in [1.807, 2.05) is 85.8 Å². The zero-order valence-corrected chi connectivity index (χ0v) is 30.3. The summed E-state index contributed by atoms with van der Waals surface area (Å²) < 4.78 is 31.6. The highest BCUT2D eigenvalue weighted by molar-refractivity contribution is 6.72. The van der Waals surface area contributed by atoms with Gasteiger partial charge in [-0.3, -0.25) is 19.2 Å². The molecule has 4 atom stereocenters. The summed E-state index contributed by atoms with van der Waals surface area (Å²) in [7, 11) is -3.44. The van der Waals surface area contributed by atoms with Crippen LogP contribution in [-0.4, -0.2) is 53.0 Å². The molecule has 3 aliphatic heterocycles. The lowest BCUT2D eigenvalue weighted by atomic mass is 9.82. The summed E-state index contributed by atoms with van der Waals surface area (Å²) in [5, 5.41) is 17.7. The third-order valence-electron chi connectivity index (χ3n) is 10.6. The molecule has 1 spiro atoms. The molecule has 1 fully saturated rings. The molecular formula is C40H40FN5O5Si. The number of aryl methyl sites for hydroxylation is 1. The molecule has 1 aromatic heterocycles. The van der Waals surface area contributed by atoms with Crippen LogP contribution in [0.2, 0.25) is 18.6 Å². The largest absolute Gasteiger partial charge is 0.454 e. The first-order chi connectivity index (χ1) is 25.1. The molecule has 4 heterocycles. The minimum Gasteiger partial charge on any atom is -0.454 e. The summed E-state index contributed by atoms with van der Waals surface area (Å²) in [6.07, 6.45) is 1.98. The van der Waals surface area contributed by atoms with Crippen LogP contribution in [0.15, 0.2) is 103 Å². The molecule has 5 aromatic rings. The van der Waals surface area contributed by atoms with E-state index in [-0.39, 0.29) is 18.4 Å². The lowest BCUT2D eigenvalue weighted by molar-refractivity contribution is -0.146. The van der Waals surface area contributed by atoms with Crippen molar-refractivity contribution in [2.75, 3.05) is 16.4 Å². The van der Waals surface area contributed by atoms with Crippen LogP contribution in [0.4, 0.5) is 21.2 Å². The summed E-state index contributed by atoms with van der Waals surface area (Å²) >= 11 is 0. The highest BCUT2D eigenvalue weighted by Gasteiger charge is 2.66. The number of benzene rings is 4. The monoisotopic (exact) mass is 717 g/mol. The number of fused-ring (bicyclic) bond motifs is 4. The number of para-hydroxylation sites is 3. The number of hydrogen-bond acceptors (Lipinski definition) is 7. The number of aromatic nitrogens is 3. The van der Waals surface area contributed by atoms with Crippen molar-refractivity contribution in [2.45, 2.75) is 63.2 Å². The van der Waals surface area contributed by atoms with Gasteiger partial charge in [-0.25, -0.2) is 0 Å². The SMILES string of the molecule is C[C@H]1[C@H]([Si](C)(C)F)[C@@H](CCn2cc(CCO)nn2)O[C@]12C(=O)N(Cc1ccccc1)c1ccc(N3C(=O)c4ccccc4Oc4ccccc43)cc12. The second-order valence-electron chi connectivity index (χ2n) is 14.3. The molecule has 3 aliphatic rings. The van der Waals surface area contributed by atoms with E-state index in [2.05, 4.69) is 10.3 Å². The van der Waals surface area contributed by atoms with Crippen LogP contribution in [-0.2, 0) is 34.6 Å². The van der Waals surface area contributed by atoms with Gasteiger partial charge in [-0.1, -0.05) is 66.7 Å². The summed E-state index contributed by atoms with van der Waals surface area (Å²) in [5.74, 6) is -0.0771. The maximum Gasteiger partial charge on any atom is 0.266 e. The van der Waals surface area contributed by atoms with Gasteiger partial charge in [0.1, 0.15) is 5.75 Å². The standard InChI is InChI=1S/C40H40FN5O5Si/c1-26-37(52(2,3)41)36(19-21-44-25-28(20-22-47)42-43-44)51-40(26)31-23-29(17-18-32(31)45(39(40)49)24-27-11-5-4-6-12-27)46-33-14-8-10-16-35(33)50-34-15-9-7-13-30(34)38(46)48/h4-18,23,25-26,36-37,47H,19-22,24H2,1-3H3/t26-,36+,37-,40+/m0/s1. The van der Waals surface area contributed by atoms with Gasteiger partial charge in [0.05, 0.1) is 35.3 Å². The van der Waals surface area contributed by atoms with Crippen molar-refractivity contribution in [2.24, 2.45) is 5.92 Å². The second-order valence-corrected chi connectivity index (χ2v) is 18.1. The summed E-state index contributed by atoms with van der Waals surface area (Å²) in [5.41, 5.74) is 2.36. The van der Waals surface area contributed by atoms with Gasteiger partial charge < -0.3 is 23.6 Å². The average Bonchev–Trinajstić information content (AvgIpc) is 3.75. The number of carbonyl (C=O) groups excluding carboxylic acids is 2. The third-order valence-corrected chi connectivity index (χ3v) is 13.1. The molecule has 52 heavy (non-hydrogen) atoms. The number of ether oxygens (including phenoxy) is 2. The molecule has 4 aromatic carbocycles. The predicted molar refractivity (Wildman–Crippen MR) is 197 cm³/mol. The number of amides is 2. The molecule has 0 saturated carbocycles. The zero-order valence-electron chi connectivity index (χ0n) is 29.3. The average molecular weight is 718 g/mol. The Morgan fingerprint density at radius 2 is 1.65 bits per heavy atom. The Hall–Kier alpha value is -5.17. The van der Waals surface area contributed by atoms with Gasteiger partial charge in [0.25, 0.3) is 11.8 Å². The molecule has 0 radical (unpaired) electrons. The minimum absolute atomic E-state index is 0.0364. The van der Waals surface area contributed by atoms with E-state index in [1.54, 1.807) is 52.0 Å². The maximum atomic E-state index is 16.6. The van der Waals surface area contributed by atoms with Gasteiger partial charge in [-0.2, -0.15) is 0 Å². The van der Waals surface area contributed by atoms with E-state index in [4.69, 9.17) is 9.47 Å². The van der Waals surface area contributed by atoms with Crippen molar-refractivity contribution in [1.29, 1.82) is 0 Å². The molecule has 8 rings (SSSR count). The first kappa shape index (κ1) is 33.9. The van der Waals surface area contributed by atoms with E-state index < -0.39 is 31.6 Å². The Morgan fingerprint density at radius 3 is 2.42 bits per heavy atom. The number of carbonyl (C=O) groups is 2.